The molecule has 2 aromatic carbocycles. The largest absolute Gasteiger partial charge is 0.508 e. The van der Waals surface area contributed by atoms with Gasteiger partial charge in [-0.05, 0) is 17.7 Å². The lowest BCUT2D eigenvalue weighted by Crippen LogP contribution is -2.36. The number of aliphatic hydroxyl groups excluding tert-OH is 1. The molecule has 7 heteroatoms. The van der Waals surface area contributed by atoms with E-state index in [9.17, 15) is 15.0 Å². The molecule has 0 spiro atoms. The van der Waals surface area contributed by atoms with E-state index in [1.165, 1.54) is 33.5 Å². The first-order valence-electron chi connectivity index (χ1n) is 7.52. The number of aliphatic hydroxyl groups is 1. The summed E-state index contributed by atoms with van der Waals surface area (Å²) in [6.07, 6.45) is -2.38. The van der Waals surface area contributed by atoms with Crippen molar-refractivity contribution in [3.63, 3.8) is 0 Å². The maximum Gasteiger partial charge on any atom is 0.202 e. The predicted molar refractivity (Wildman–Crippen MR) is 87.9 cm³/mol. The van der Waals surface area contributed by atoms with Gasteiger partial charge in [-0.1, -0.05) is 6.07 Å². The van der Waals surface area contributed by atoms with Crippen LogP contribution in [0.3, 0.4) is 0 Å². The highest BCUT2D eigenvalue weighted by Gasteiger charge is 2.39. The van der Waals surface area contributed by atoms with Crippen molar-refractivity contribution in [1.82, 2.24) is 0 Å². The van der Waals surface area contributed by atoms with E-state index in [-0.39, 0.29) is 22.8 Å². The molecule has 2 unspecified atom stereocenters. The van der Waals surface area contributed by atoms with Gasteiger partial charge >= 0.3 is 0 Å². The first-order valence-corrected chi connectivity index (χ1v) is 7.52. The maximum atomic E-state index is 12.6. The summed E-state index contributed by atoms with van der Waals surface area (Å²) < 4.78 is 21.3. The van der Waals surface area contributed by atoms with Crippen molar-refractivity contribution in [3.05, 3.63) is 41.5 Å². The molecule has 0 radical (unpaired) electrons. The summed E-state index contributed by atoms with van der Waals surface area (Å²) in [6.45, 7) is 0. The molecule has 0 bridgehead atoms. The van der Waals surface area contributed by atoms with Crippen molar-refractivity contribution in [2.45, 2.75) is 12.2 Å². The molecule has 0 aromatic heterocycles. The number of fused-ring (bicyclic) bond motifs is 1. The molecule has 1 aliphatic rings. The number of hydrogen-bond acceptors (Lipinski definition) is 7. The number of phenolic OH excluding ortho intramolecular Hbond substituents is 1. The van der Waals surface area contributed by atoms with Crippen LogP contribution in [-0.2, 0) is 0 Å². The van der Waals surface area contributed by atoms with Crippen molar-refractivity contribution in [2.24, 2.45) is 0 Å². The lowest BCUT2D eigenvalue weighted by Gasteiger charge is -2.30. The third-order valence-electron chi connectivity index (χ3n) is 4.06. The molecule has 1 aliphatic heterocycles. The lowest BCUT2D eigenvalue weighted by atomic mass is 9.92. The molecule has 3 rings (SSSR count). The summed E-state index contributed by atoms with van der Waals surface area (Å²) >= 11 is 0. The van der Waals surface area contributed by atoms with Crippen molar-refractivity contribution in [2.75, 3.05) is 21.3 Å². The number of carbonyl (C=O) groups excluding carboxylic acids is 1. The molecule has 0 amide bonds. The first-order chi connectivity index (χ1) is 12.0. The van der Waals surface area contributed by atoms with Gasteiger partial charge in [-0.3, -0.25) is 4.79 Å². The first kappa shape index (κ1) is 16.9. The zero-order valence-electron chi connectivity index (χ0n) is 14.0. The van der Waals surface area contributed by atoms with Gasteiger partial charge < -0.3 is 29.2 Å². The van der Waals surface area contributed by atoms with Crippen LogP contribution in [0, 0.1) is 0 Å². The number of phenols is 1. The topological polar surface area (TPSA) is 94.5 Å². The molecule has 2 aromatic rings. The fraction of sp³-hybridized carbons (Fsp3) is 0.278. The summed E-state index contributed by atoms with van der Waals surface area (Å²) in [5.74, 6) is 0.602. The maximum absolute atomic E-state index is 12.6. The zero-order chi connectivity index (χ0) is 18.1. The van der Waals surface area contributed by atoms with Crippen LogP contribution in [0.2, 0.25) is 0 Å². The van der Waals surface area contributed by atoms with Crippen LogP contribution in [0.4, 0.5) is 0 Å². The van der Waals surface area contributed by atoms with E-state index < -0.39 is 18.0 Å². The van der Waals surface area contributed by atoms with Gasteiger partial charge in [-0.2, -0.15) is 0 Å². The van der Waals surface area contributed by atoms with E-state index in [1.54, 1.807) is 18.2 Å². The Morgan fingerprint density at radius 1 is 0.960 bits per heavy atom. The molecule has 7 nitrogen and oxygen atoms in total. The lowest BCUT2D eigenvalue weighted by molar-refractivity contribution is 0.0209. The summed E-state index contributed by atoms with van der Waals surface area (Å²) in [7, 11) is 4.37. The van der Waals surface area contributed by atoms with E-state index in [1.807, 2.05) is 0 Å². The van der Waals surface area contributed by atoms with Crippen LogP contribution < -0.4 is 18.9 Å². The third-order valence-corrected chi connectivity index (χ3v) is 4.06. The molecule has 0 saturated carbocycles. The number of benzene rings is 2. The minimum absolute atomic E-state index is 0.101. The monoisotopic (exact) mass is 346 g/mol. The van der Waals surface area contributed by atoms with E-state index in [2.05, 4.69) is 0 Å². The number of ether oxygens (including phenoxy) is 4. The second kappa shape index (κ2) is 6.52. The smallest absolute Gasteiger partial charge is 0.202 e. The van der Waals surface area contributed by atoms with E-state index in [4.69, 9.17) is 18.9 Å². The quantitative estimate of drug-likeness (QED) is 0.875. The molecule has 2 N–H and O–H groups in total. The molecule has 132 valence electrons. The molecular weight excluding hydrogens is 328 g/mol. The Bertz CT molecular complexity index is 815. The van der Waals surface area contributed by atoms with Gasteiger partial charge in [0, 0.05) is 12.1 Å². The summed E-state index contributed by atoms with van der Waals surface area (Å²) in [5.41, 5.74) is 0.635. The van der Waals surface area contributed by atoms with Crippen LogP contribution in [0.25, 0.3) is 0 Å². The van der Waals surface area contributed by atoms with Crippen molar-refractivity contribution in [3.8, 4) is 28.7 Å². The highest BCUT2D eigenvalue weighted by Crippen LogP contribution is 2.43. The normalized spacial score (nSPS) is 19.0. The van der Waals surface area contributed by atoms with Gasteiger partial charge in [-0.25, -0.2) is 0 Å². The fourth-order valence-electron chi connectivity index (χ4n) is 2.84. The highest BCUT2D eigenvalue weighted by molar-refractivity contribution is 6.05. The zero-order valence-corrected chi connectivity index (χ0v) is 14.0. The minimum Gasteiger partial charge on any atom is -0.508 e. The number of Topliss-reactive ketones (excluding diaryl/α,β-unsaturated/α-hetero) is 1. The van der Waals surface area contributed by atoms with Gasteiger partial charge in [0.05, 0.1) is 21.3 Å². The Balaban J connectivity index is 2.06. The average molecular weight is 346 g/mol. The third kappa shape index (κ3) is 2.83. The van der Waals surface area contributed by atoms with E-state index >= 15 is 0 Å². The number of rotatable bonds is 4. The van der Waals surface area contributed by atoms with Gasteiger partial charge in [0.25, 0.3) is 0 Å². The van der Waals surface area contributed by atoms with Crippen LogP contribution in [0.5, 0.6) is 28.7 Å². The van der Waals surface area contributed by atoms with Crippen LogP contribution in [-0.4, -0.2) is 43.4 Å². The van der Waals surface area contributed by atoms with Crippen molar-refractivity contribution < 1.29 is 34.0 Å². The molecule has 25 heavy (non-hydrogen) atoms. The summed E-state index contributed by atoms with van der Waals surface area (Å²) in [5, 5.41) is 20.2. The molecule has 1 heterocycles. The summed E-state index contributed by atoms with van der Waals surface area (Å²) in [4.78, 5) is 12.6. The Morgan fingerprint density at radius 2 is 1.64 bits per heavy atom. The van der Waals surface area contributed by atoms with Gasteiger partial charge in [0.15, 0.2) is 23.7 Å². The SMILES string of the molecule is COc1ccc(C2Oc3cc(O)cc(OC)c3C(=O)C2O)cc1OC. The molecule has 2 atom stereocenters. The Hall–Kier alpha value is -2.93. The minimum atomic E-state index is -1.43. The Morgan fingerprint density at radius 3 is 2.28 bits per heavy atom. The molecular formula is C18H18O7. The Kier molecular flexibility index (Phi) is 4.41. The van der Waals surface area contributed by atoms with Crippen LogP contribution >= 0.6 is 0 Å². The van der Waals surface area contributed by atoms with Crippen molar-refractivity contribution in [1.29, 1.82) is 0 Å². The number of carbonyl (C=O) groups is 1. The fourth-order valence-corrected chi connectivity index (χ4v) is 2.84. The highest BCUT2D eigenvalue weighted by atomic mass is 16.5. The molecule has 0 fully saturated rings. The van der Waals surface area contributed by atoms with Crippen LogP contribution in [0.15, 0.2) is 30.3 Å². The van der Waals surface area contributed by atoms with Crippen LogP contribution in [0.1, 0.15) is 22.0 Å². The molecule has 0 aliphatic carbocycles. The summed E-state index contributed by atoms with van der Waals surface area (Å²) in [6, 6.07) is 7.57. The van der Waals surface area contributed by atoms with Crippen molar-refractivity contribution >= 4 is 5.78 Å². The second-order valence-electron chi connectivity index (χ2n) is 5.48. The number of aromatic hydroxyl groups is 1. The van der Waals surface area contributed by atoms with Gasteiger partial charge in [0.2, 0.25) is 5.78 Å². The predicted octanol–water partition coefficient (Wildman–Crippen LogP) is 2.10. The molecule has 0 saturated heterocycles. The standard InChI is InChI=1S/C18H18O7/c1-22-11-5-4-9(6-12(11)23-2)18-17(21)16(20)15-13(24-3)7-10(19)8-14(15)25-18/h4-8,17-19,21H,1-3H3. The average Bonchev–Trinajstić information content (AvgIpc) is 2.63. The Labute approximate surface area is 144 Å². The van der Waals surface area contributed by atoms with Gasteiger partial charge in [0.1, 0.15) is 22.8 Å². The number of hydrogen-bond donors (Lipinski definition) is 2. The number of methoxy groups -OCH3 is 3. The van der Waals surface area contributed by atoms with Gasteiger partial charge in [-0.15, -0.1) is 0 Å². The van der Waals surface area contributed by atoms with E-state index in [0.717, 1.165) is 0 Å². The van der Waals surface area contributed by atoms with E-state index in [0.29, 0.717) is 17.1 Å². The second-order valence-corrected chi connectivity index (χ2v) is 5.48. The number of ketones is 1.